The molecule has 2 saturated carbocycles. The third-order valence-corrected chi connectivity index (χ3v) is 5.97. The molecule has 1 saturated heterocycles. The van der Waals surface area contributed by atoms with Crippen molar-refractivity contribution in [2.75, 3.05) is 6.54 Å². The van der Waals surface area contributed by atoms with Crippen LogP contribution in [-0.2, 0) is 9.53 Å². The first kappa shape index (κ1) is 18.3. The van der Waals surface area contributed by atoms with Crippen LogP contribution in [0.25, 0.3) is 0 Å². The molecule has 5 atom stereocenters. The predicted octanol–water partition coefficient (Wildman–Crippen LogP) is 3.18. The number of alkyl carbamates (subject to hydrolysis) is 1. The third-order valence-electron chi connectivity index (χ3n) is 5.62. The molecule has 0 bridgehead atoms. The van der Waals surface area contributed by atoms with E-state index in [-0.39, 0.29) is 24.9 Å². The second kappa shape index (κ2) is 6.25. The van der Waals surface area contributed by atoms with Crippen LogP contribution in [0, 0.1) is 29.4 Å². The zero-order valence-corrected chi connectivity index (χ0v) is 14.5. The van der Waals surface area contributed by atoms with Gasteiger partial charge in [-0.25, -0.2) is 22.4 Å². The molecule has 4 rings (SSSR count). The van der Waals surface area contributed by atoms with Crippen LogP contribution in [0.3, 0.4) is 0 Å². The van der Waals surface area contributed by atoms with Gasteiger partial charge in [0.1, 0.15) is 16.7 Å². The van der Waals surface area contributed by atoms with Crippen molar-refractivity contribution in [1.82, 2.24) is 10.6 Å². The van der Waals surface area contributed by atoms with Gasteiger partial charge in [-0.05, 0) is 24.8 Å². The van der Waals surface area contributed by atoms with Crippen LogP contribution in [0.5, 0.6) is 0 Å². The first-order valence-corrected chi connectivity index (χ1v) is 8.84. The molecule has 1 heterocycles. The lowest BCUT2D eigenvalue weighted by Crippen LogP contribution is -2.42. The molecule has 3 aliphatic rings. The lowest BCUT2D eigenvalue weighted by Gasteiger charge is -2.28. The van der Waals surface area contributed by atoms with E-state index in [0.29, 0.717) is 0 Å². The number of cyclic esters (lactones) is 1. The molecule has 5 nitrogen and oxygen atoms in total. The summed E-state index contributed by atoms with van der Waals surface area (Å²) in [6.45, 7) is -0.0575. The normalized spacial score (nSPS) is 31.7. The van der Waals surface area contributed by atoms with E-state index in [0.717, 1.165) is 12.1 Å². The van der Waals surface area contributed by atoms with Crippen molar-refractivity contribution < 1.29 is 31.9 Å². The van der Waals surface area contributed by atoms with Crippen LogP contribution in [-0.4, -0.2) is 30.6 Å². The maximum Gasteiger partial charge on any atom is 0.408 e. The van der Waals surface area contributed by atoms with Crippen molar-refractivity contribution in [3.05, 3.63) is 34.4 Å². The number of halogens is 5. The Morgan fingerprint density at radius 1 is 1.30 bits per heavy atom. The van der Waals surface area contributed by atoms with E-state index in [1.807, 2.05) is 0 Å². The van der Waals surface area contributed by atoms with Crippen LogP contribution in [0.4, 0.5) is 22.4 Å². The Bertz CT molecular complexity index is 808. The Hall–Kier alpha value is -2.03. The summed E-state index contributed by atoms with van der Waals surface area (Å²) in [5.41, 5.74) is -0.0818. The van der Waals surface area contributed by atoms with E-state index in [1.165, 1.54) is 0 Å². The summed E-state index contributed by atoms with van der Waals surface area (Å²) in [4.78, 5) is 23.5. The van der Waals surface area contributed by atoms with Gasteiger partial charge in [0.2, 0.25) is 0 Å². The highest BCUT2D eigenvalue weighted by atomic mass is 35.5. The van der Waals surface area contributed by atoms with Gasteiger partial charge in [0.15, 0.2) is 6.10 Å². The Kier molecular flexibility index (Phi) is 4.25. The fourth-order valence-electron chi connectivity index (χ4n) is 4.14. The number of amides is 2. The van der Waals surface area contributed by atoms with Gasteiger partial charge in [0, 0.05) is 17.4 Å². The smallest absolute Gasteiger partial charge is 0.408 e. The van der Waals surface area contributed by atoms with Gasteiger partial charge in [-0.1, -0.05) is 17.7 Å². The Morgan fingerprint density at radius 2 is 1.96 bits per heavy atom. The molecule has 27 heavy (non-hydrogen) atoms. The van der Waals surface area contributed by atoms with Crippen molar-refractivity contribution in [3.8, 4) is 0 Å². The van der Waals surface area contributed by atoms with Gasteiger partial charge in [0.05, 0.1) is 12.6 Å². The first-order chi connectivity index (χ1) is 12.7. The minimum atomic E-state index is -2.73. The molecule has 2 N–H and O–H groups in total. The average Bonchev–Trinajstić information content (AvgIpc) is 3.05. The van der Waals surface area contributed by atoms with Gasteiger partial charge in [0.25, 0.3) is 11.8 Å². The number of hydrogen-bond donors (Lipinski definition) is 2. The summed E-state index contributed by atoms with van der Waals surface area (Å²) >= 11 is 5.64. The zero-order valence-electron chi connectivity index (χ0n) is 13.8. The van der Waals surface area contributed by atoms with Gasteiger partial charge in [-0.15, -0.1) is 0 Å². The number of nitrogens with one attached hydrogen (secondary N) is 2. The van der Waals surface area contributed by atoms with Crippen molar-refractivity contribution >= 4 is 23.6 Å². The standard InChI is InChI=1S/C17H15ClF4N2O3/c18-12-10(19)2-1-7(13(12)20)14(6-3-8-9(4-6)17(8,21)22)24-15(25)11-5-23-16(26)27-11/h1-2,6,8-9,11,14H,3-5H2,(H,23,26)(H,24,25)/t6-,8-,9+,11-,14?/m0/s1. The molecule has 146 valence electrons. The van der Waals surface area contributed by atoms with Crippen LogP contribution in [0.15, 0.2) is 12.1 Å². The Balaban J connectivity index is 1.59. The van der Waals surface area contributed by atoms with Crippen LogP contribution < -0.4 is 10.6 Å². The predicted molar refractivity (Wildman–Crippen MR) is 85.2 cm³/mol. The summed E-state index contributed by atoms with van der Waals surface area (Å²) < 4.78 is 59.9. The topological polar surface area (TPSA) is 67.4 Å². The number of rotatable bonds is 4. The molecular weight excluding hydrogens is 392 g/mol. The highest BCUT2D eigenvalue weighted by molar-refractivity contribution is 6.31. The largest absolute Gasteiger partial charge is 0.434 e. The van der Waals surface area contributed by atoms with Crippen molar-refractivity contribution in [3.63, 3.8) is 0 Å². The lowest BCUT2D eigenvalue weighted by atomic mass is 9.88. The van der Waals surface area contributed by atoms with Gasteiger partial charge < -0.3 is 15.4 Å². The van der Waals surface area contributed by atoms with Crippen molar-refractivity contribution in [2.24, 2.45) is 17.8 Å². The number of hydrogen-bond acceptors (Lipinski definition) is 3. The molecule has 0 aromatic heterocycles. The van der Waals surface area contributed by atoms with E-state index >= 15 is 0 Å². The van der Waals surface area contributed by atoms with Crippen LogP contribution in [0.2, 0.25) is 5.02 Å². The van der Waals surface area contributed by atoms with E-state index in [4.69, 9.17) is 16.3 Å². The van der Waals surface area contributed by atoms with Crippen LogP contribution in [0.1, 0.15) is 24.4 Å². The van der Waals surface area contributed by atoms with E-state index in [2.05, 4.69) is 10.6 Å². The number of fused-ring (bicyclic) bond motifs is 1. The molecule has 1 unspecified atom stereocenters. The lowest BCUT2D eigenvalue weighted by molar-refractivity contribution is -0.129. The fourth-order valence-corrected chi connectivity index (χ4v) is 4.31. The fraction of sp³-hybridized carbons (Fsp3) is 0.529. The molecule has 1 aromatic carbocycles. The number of carbonyl (C=O) groups is 2. The van der Waals surface area contributed by atoms with E-state index < -0.39 is 64.5 Å². The van der Waals surface area contributed by atoms with Crippen molar-refractivity contribution in [2.45, 2.75) is 30.9 Å². The zero-order chi connectivity index (χ0) is 19.5. The SMILES string of the molecule is O=C1NC[C@@H](C(=O)NC(c2ccc(F)c(Cl)c2F)[C@@H]2C[C@@H]3[C@H](C2)C3(F)F)O1. The molecule has 2 amide bonds. The third kappa shape index (κ3) is 3.01. The average molecular weight is 407 g/mol. The maximum atomic E-state index is 14.5. The highest BCUT2D eigenvalue weighted by Crippen LogP contribution is 2.67. The molecule has 0 radical (unpaired) electrons. The highest BCUT2D eigenvalue weighted by Gasteiger charge is 2.72. The maximum absolute atomic E-state index is 14.5. The van der Waals surface area contributed by atoms with E-state index in [9.17, 15) is 27.2 Å². The minimum Gasteiger partial charge on any atom is -0.434 e. The molecule has 1 aliphatic heterocycles. The summed E-state index contributed by atoms with van der Waals surface area (Å²) in [6, 6.07) is 1.11. The minimum absolute atomic E-state index is 0.0575. The van der Waals surface area contributed by atoms with Crippen molar-refractivity contribution in [1.29, 1.82) is 0 Å². The summed E-state index contributed by atoms with van der Waals surface area (Å²) in [7, 11) is 0. The molecule has 3 fully saturated rings. The number of carbonyl (C=O) groups excluding carboxylic acids is 2. The summed E-state index contributed by atoms with van der Waals surface area (Å²) in [5.74, 6) is -7.49. The second-order valence-corrected chi connectivity index (χ2v) is 7.52. The van der Waals surface area contributed by atoms with Gasteiger partial charge in [-0.2, -0.15) is 0 Å². The molecular formula is C17H15ClF4N2O3. The quantitative estimate of drug-likeness (QED) is 0.596. The van der Waals surface area contributed by atoms with Gasteiger partial charge >= 0.3 is 6.09 Å². The molecule has 1 aromatic rings. The monoisotopic (exact) mass is 406 g/mol. The van der Waals surface area contributed by atoms with Gasteiger partial charge in [-0.3, -0.25) is 4.79 Å². The molecule has 0 spiro atoms. The van der Waals surface area contributed by atoms with E-state index in [1.54, 1.807) is 0 Å². The summed E-state index contributed by atoms with van der Waals surface area (Å²) in [6.07, 6.45) is -1.68. The number of ether oxygens (including phenoxy) is 1. The van der Waals surface area contributed by atoms with Crippen LogP contribution >= 0.6 is 11.6 Å². The molecule has 10 heteroatoms. The Morgan fingerprint density at radius 3 is 2.56 bits per heavy atom. The number of alkyl halides is 2. The summed E-state index contributed by atoms with van der Waals surface area (Å²) in [5, 5.41) is 4.16. The first-order valence-electron chi connectivity index (χ1n) is 8.46. The Labute approximate surface area is 156 Å². The number of benzene rings is 1. The molecule has 2 aliphatic carbocycles. The second-order valence-electron chi connectivity index (χ2n) is 7.14.